The van der Waals surface area contributed by atoms with Gasteiger partial charge in [0.2, 0.25) is 0 Å². The normalized spacial score (nSPS) is 10.4. The first kappa shape index (κ1) is 36.3. The molecule has 0 aliphatic rings. The summed E-state index contributed by atoms with van der Waals surface area (Å²) >= 11 is -0.826. The Morgan fingerprint density at radius 1 is 0.636 bits per heavy atom. The Balaban J connectivity index is 0.000000205. The van der Waals surface area contributed by atoms with Gasteiger partial charge < -0.3 is 0 Å². The molecule has 0 unspecified atom stereocenters. The van der Waals surface area contributed by atoms with Crippen LogP contribution in [0.3, 0.4) is 0 Å². The quantitative estimate of drug-likeness (QED) is 0.126. The van der Waals surface area contributed by atoms with E-state index in [1.807, 2.05) is 0 Å². The Morgan fingerprint density at radius 3 is 1.89 bits per heavy atom. The average molecular weight is 715 g/mol. The fourth-order valence-electron chi connectivity index (χ4n) is 5.53. The first-order chi connectivity index (χ1) is 21.1. The minimum absolute atomic E-state index is 0.584. The van der Waals surface area contributed by atoms with Crippen molar-refractivity contribution in [3.05, 3.63) is 130 Å². The van der Waals surface area contributed by atoms with E-state index in [0.29, 0.717) is 5.92 Å². The molecule has 0 saturated heterocycles. The maximum atomic E-state index is 4.93. The van der Waals surface area contributed by atoms with E-state index in [1.54, 1.807) is 0 Å². The summed E-state index contributed by atoms with van der Waals surface area (Å²) in [5.41, 5.74) is 13.7. The zero-order valence-electron chi connectivity index (χ0n) is 27.6. The van der Waals surface area contributed by atoms with Gasteiger partial charge in [-0.1, -0.05) is 107 Å². The maximum absolute atomic E-state index is 4.93. The van der Waals surface area contributed by atoms with Crippen molar-refractivity contribution < 1.29 is 20.8 Å². The molecule has 4 heteroatoms. The van der Waals surface area contributed by atoms with E-state index in [0.717, 1.165) is 9.52 Å². The van der Waals surface area contributed by atoms with Crippen LogP contribution in [0.1, 0.15) is 53.1 Å². The summed E-state index contributed by atoms with van der Waals surface area (Å²) in [5.74, 6) is 0.584. The van der Waals surface area contributed by atoms with Crippen LogP contribution >= 0.6 is 17.0 Å². The van der Waals surface area contributed by atoms with Crippen molar-refractivity contribution >= 4 is 48.1 Å². The molecule has 0 amide bonds. The van der Waals surface area contributed by atoms with Gasteiger partial charge >= 0.3 is 37.9 Å². The standard InChI is InChI=1S/C20H21.C18H17.C2H6Si.2ClH.Zr/c1-12-10-19-14(3)7-9-18(20(19)11-12)17-8-6-13(2)15(4)16(17)5;1-13(2)16-11-15-9-6-10-17(18(15)12-16)14-7-4-3-5-8-14;1-3-2;;;/h6-11H,1-5H3;3-13H,1-2H3;1-2H3;2*1H;/q2*-1;;;;+4/p-2. The molecule has 0 spiro atoms. The second-order valence-corrected chi connectivity index (χ2v) is 16.4. The van der Waals surface area contributed by atoms with Gasteiger partial charge in [0.25, 0.3) is 0 Å². The van der Waals surface area contributed by atoms with E-state index in [2.05, 4.69) is 159 Å². The van der Waals surface area contributed by atoms with Gasteiger partial charge in [-0.25, -0.2) is 0 Å². The summed E-state index contributed by atoms with van der Waals surface area (Å²) in [6.07, 6.45) is 0. The van der Waals surface area contributed by atoms with Crippen LogP contribution < -0.4 is 0 Å². The number of hydrogen-bond acceptors (Lipinski definition) is 0. The van der Waals surface area contributed by atoms with E-state index in [9.17, 15) is 0 Å². The molecule has 2 radical (unpaired) electrons. The minimum atomic E-state index is -0.826. The molecular weight excluding hydrogens is 671 g/mol. The SMILES string of the molecule is CC(C)c1cc2c(-c3ccccc3)cccc2[cH-]1.C[Si]C.Cc1cc2c(-c3ccc(C)c(C)c3C)ccc(C)c2[cH-]1.[Cl][Zr+2][Cl]. The summed E-state index contributed by atoms with van der Waals surface area (Å²) in [4.78, 5) is 0. The van der Waals surface area contributed by atoms with E-state index < -0.39 is 20.8 Å². The van der Waals surface area contributed by atoms with Crippen LogP contribution in [-0.4, -0.2) is 9.52 Å². The Hall–Kier alpha value is -2.22. The summed E-state index contributed by atoms with van der Waals surface area (Å²) in [7, 11) is 11.0. The Bertz CT molecular complexity index is 1770. The van der Waals surface area contributed by atoms with Crippen molar-refractivity contribution in [1.82, 2.24) is 0 Å². The summed E-state index contributed by atoms with van der Waals surface area (Å²) in [6.45, 7) is 19.8. The zero-order chi connectivity index (χ0) is 32.4. The van der Waals surface area contributed by atoms with Crippen molar-refractivity contribution in [2.45, 2.75) is 67.5 Å². The third kappa shape index (κ3) is 8.95. The van der Waals surface area contributed by atoms with Gasteiger partial charge in [-0.15, -0.1) is 68.6 Å². The fraction of sp³-hybridized carbons (Fsp3) is 0.250. The van der Waals surface area contributed by atoms with Gasteiger partial charge in [0.15, 0.2) is 0 Å². The van der Waals surface area contributed by atoms with Crippen LogP contribution in [0.5, 0.6) is 0 Å². The summed E-state index contributed by atoms with van der Waals surface area (Å²) in [5, 5.41) is 5.49. The fourth-order valence-corrected chi connectivity index (χ4v) is 5.53. The van der Waals surface area contributed by atoms with Crippen LogP contribution in [0.25, 0.3) is 43.8 Å². The molecule has 226 valence electrons. The third-order valence-corrected chi connectivity index (χ3v) is 8.12. The molecule has 0 aliphatic heterocycles. The second kappa shape index (κ2) is 17.5. The number of halogens is 2. The van der Waals surface area contributed by atoms with E-state index >= 15 is 0 Å². The summed E-state index contributed by atoms with van der Waals surface area (Å²) in [6, 6.07) is 35.4. The molecule has 0 heterocycles. The monoisotopic (exact) mass is 712 g/mol. The van der Waals surface area contributed by atoms with Crippen LogP contribution in [0, 0.1) is 34.6 Å². The predicted molar refractivity (Wildman–Crippen MR) is 197 cm³/mol. The van der Waals surface area contributed by atoms with Gasteiger partial charge in [-0.05, 0) is 54.5 Å². The van der Waals surface area contributed by atoms with Crippen LogP contribution in [0.15, 0.2) is 97.1 Å². The topological polar surface area (TPSA) is 0 Å². The number of fused-ring (bicyclic) bond motifs is 2. The molecule has 6 rings (SSSR count). The molecule has 0 aliphatic carbocycles. The van der Waals surface area contributed by atoms with E-state index in [4.69, 9.17) is 17.0 Å². The van der Waals surface area contributed by atoms with Crippen molar-refractivity contribution in [3.63, 3.8) is 0 Å². The van der Waals surface area contributed by atoms with Gasteiger partial charge in [-0.3, -0.25) is 0 Å². The van der Waals surface area contributed by atoms with Crippen LogP contribution in [0.2, 0.25) is 13.1 Å². The first-order valence-corrected chi connectivity index (χ1v) is 23.4. The van der Waals surface area contributed by atoms with E-state index in [-0.39, 0.29) is 0 Å². The third-order valence-electron chi connectivity index (χ3n) is 8.12. The van der Waals surface area contributed by atoms with Gasteiger partial charge in [0.05, 0.1) is 0 Å². The Labute approximate surface area is 287 Å². The van der Waals surface area contributed by atoms with Crippen molar-refractivity contribution in [2.75, 3.05) is 0 Å². The molecule has 0 aromatic heterocycles. The predicted octanol–water partition coefficient (Wildman–Crippen LogP) is 13.3. The van der Waals surface area contributed by atoms with E-state index in [1.165, 1.54) is 77.2 Å². The summed E-state index contributed by atoms with van der Waals surface area (Å²) < 4.78 is 0. The molecule has 0 saturated carbocycles. The number of hydrogen-bond donors (Lipinski definition) is 0. The molecule has 44 heavy (non-hydrogen) atoms. The zero-order valence-corrected chi connectivity index (χ0v) is 32.5. The number of rotatable bonds is 3. The molecule has 6 aromatic carbocycles. The average Bonchev–Trinajstić information content (AvgIpc) is 3.63. The molecule has 6 aromatic rings. The molecule has 0 fully saturated rings. The van der Waals surface area contributed by atoms with Gasteiger partial charge in [0, 0.05) is 9.52 Å². The molecule has 0 N–H and O–H groups in total. The first-order valence-electron chi connectivity index (χ1n) is 15.1. The molecule has 0 nitrogen and oxygen atoms in total. The Morgan fingerprint density at radius 2 is 1.25 bits per heavy atom. The van der Waals surface area contributed by atoms with Gasteiger partial charge in [0.1, 0.15) is 0 Å². The molecular formula is C40H44Cl2SiZr. The number of benzene rings is 4. The van der Waals surface area contributed by atoms with Crippen molar-refractivity contribution in [1.29, 1.82) is 0 Å². The van der Waals surface area contributed by atoms with Crippen LogP contribution in [0.4, 0.5) is 0 Å². The molecule has 0 bridgehead atoms. The van der Waals surface area contributed by atoms with Crippen molar-refractivity contribution in [2.24, 2.45) is 0 Å². The second-order valence-electron chi connectivity index (χ2n) is 11.7. The van der Waals surface area contributed by atoms with Crippen LogP contribution in [-0.2, 0) is 20.8 Å². The van der Waals surface area contributed by atoms with Gasteiger partial charge in [-0.2, -0.15) is 12.1 Å². The Kier molecular flexibility index (Phi) is 14.4. The number of aryl methyl sites for hydroxylation is 3. The van der Waals surface area contributed by atoms with Crippen molar-refractivity contribution in [3.8, 4) is 22.3 Å². The molecule has 0 atom stereocenters.